The Morgan fingerprint density at radius 3 is 2.16 bits per heavy atom. The van der Waals surface area contributed by atoms with E-state index in [2.05, 4.69) is 5.32 Å². The second kappa shape index (κ2) is 9.61. The number of nitrogens with zero attached hydrogens (tertiary/aromatic N) is 2. The lowest BCUT2D eigenvalue weighted by Gasteiger charge is -2.33. The van der Waals surface area contributed by atoms with Crippen LogP contribution in [-0.4, -0.2) is 68.0 Å². The molecule has 0 unspecified atom stereocenters. The summed E-state index contributed by atoms with van der Waals surface area (Å²) >= 11 is 0. The molecular formula is C17H25N3O5. The van der Waals surface area contributed by atoms with E-state index in [1.165, 1.54) is 0 Å². The molecule has 2 rings (SSSR count). The zero-order valence-corrected chi connectivity index (χ0v) is 14.7. The van der Waals surface area contributed by atoms with Gasteiger partial charge in [-0.15, -0.1) is 0 Å². The van der Waals surface area contributed by atoms with E-state index in [1.807, 2.05) is 25.1 Å². The quantitative estimate of drug-likeness (QED) is 0.792. The van der Waals surface area contributed by atoms with Crippen LogP contribution in [-0.2, 0) is 4.74 Å². The van der Waals surface area contributed by atoms with Crippen molar-refractivity contribution < 1.29 is 23.8 Å². The smallest absolute Gasteiger partial charge is 0.409 e. The number of carbonyl (C=O) groups is 2. The van der Waals surface area contributed by atoms with Gasteiger partial charge in [0.1, 0.15) is 0 Å². The molecule has 0 bridgehead atoms. The van der Waals surface area contributed by atoms with Gasteiger partial charge in [-0.2, -0.15) is 0 Å². The summed E-state index contributed by atoms with van der Waals surface area (Å²) in [6, 6.07) is 7.08. The molecule has 8 nitrogen and oxygen atoms in total. The summed E-state index contributed by atoms with van der Waals surface area (Å²) in [5.74, 6) is 1.22. The molecule has 3 amide bonds. The third-order valence-corrected chi connectivity index (χ3v) is 3.69. The third-order valence-electron chi connectivity index (χ3n) is 3.69. The molecule has 0 spiro atoms. The fourth-order valence-electron chi connectivity index (χ4n) is 2.44. The summed E-state index contributed by atoms with van der Waals surface area (Å²) < 4.78 is 16.0. The van der Waals surface area contributed by atoms with Crippen LogP contribution in [0.1, 0.15) is 13.8 Å². The number of ether oxygens (including phenoxy) is 3. The average Bonchev–Trinajstić information content (AvgIpc) is 2.63. The van der Waals surface area contributed by atoms with Crippen molar-refractivity contribution in [2.24, 2.45) is 0 Å². The van der Waals surface area contributed by atoms with Gasteiger partial charge in [0.15, 0.2) is 18.2 Å². The molecule has 1 fully saturated rings. The minimum absolute atomic E-state index is 0.0427. The summed E-state index contributed by atoms with van der Waals surface area (Å²) in [5, 5.41) is 2.71. The predicted molar refractivity (Wildman–Crippen MR) is 91.8 cm³/mol. The van der Waals surface area contributed by atoms with E-state index in [0.29, 0.717) is 50.9 Å². The second-order valence-electron chi connectivity index (χ2n) is 5.32. The highest BCUT2D eigenvalue weighted by molar-refractivity contribution is 5.74. The van der Waals surface area contributed by atoms with Gasteiger partial charge in [-0.25, -0.2) is 9.59 Å². The summed E-state index contributed by atoms with van der Waals surface area (Å²) in [6.07, 6.45) is -0.335. The molecule has 1 aliphatic heterocycles. The molecule has 8 heteroatoms. The maximum absolute atomic E-state index is 12.2. The van der Waals surface area contributed by atoms with E-state index in [-0.39, 0.29) is 18.9 Å². The Morgan fingerprint density at radius 1 is 0.960 bits per heavy atom. The lowest BCUT2D eigenvalue weighted by molar-refractivity contribution is 0.0842. The molecule has 1 aromatic rings. The van der Waals surface area contributed by atoms with Crippen LogP contribution < -0.4 is 14.8 Å². The molecule has 0 aliphatic carbocycles. The number of urea groups is 1. The number of nitrogens with one attached hydrogen (secondary N) is 1. The van der Waals surface area contributed by atoms with Crippen molar-refractivity contribution in [1.82, 2.24) is 15.1 Å². The zero-order valence-electron chi connectivity index (χ0n) is 14.7. The summed E-state index contributed by atoms with van der Waals surface area (Å²) in [7, 11) is 0. The van der Waals surface area contributed by atoms with Gasteiger partial charge in [0.05, 0.1) is 13.2 Å². The molecule has 0 radical (unpaired) electrons. The molecule has 1 heterocycles. The van der Waals surface area contributed by atoms with Crippen molar-refractivity contribution in [2.75, 3.05) is 46.1 Å². The topological polar surface area (TPSA) is 80.3 Å². The average molecular weight is 351 g/mol. The predicted octanol–water partition coefficient (Wildman–Crippen LogP) is 1.91. The largest absolute Gasteiger partial charge is 0.490 e. The monoisotopic (exact) mass is 351 g/mol. The molecule has 138 valence electrons. The third kappa shape index (κ3) is 5.44. The maximum Gasteiger partial charge on any atom is 0.409 e. The first-order chi connectivity index (χ1) is 12.2. The minimum Gasteiger partial charge on any atom is -0.490 e. The van der Waals surface area contributed by atoms with Gasteiger partial charge in [0.25, 0.3) is 0 Å². The highest BCUT2D eigenvalue weighted by Crippen LogP contribution is 2.25. The molecule has 25 heavy (non-hydrogen) atoms. The van der Waals surface area contributed by atoms with Gasteiger partial charge in [-0.1, -0.05) is 12.1 Å². The molecule has 0 saturated carbocycles. The lowest BCUT2D eigenvalue weighted by Crippen LogP contribution is -2.53. The Labute approximate surface area is 147 Å². The normalized spacial score (nSPS) is 14.0. The van der Waals surface area contributed by atoms with E-state index < -0.39 is 0 Å². The van der Waals surface area contributed by atoms with Crippen molar-refractivity contribution in [3.05, 3.63) is 24.3 Å². The highest BCUT2D eigenvalue weighted by atomic mass is 16.6. The van der Waals surface area contributed by atoms with Crippen LogP contribution in [0.2, 0.25) is 0 Å². The number of piperazine rings is 1. The number of benzene rings is 1. The number of carbonyl (C=O) groups excluding carboxylic acids is 2. The number of hydrogen-bond acceptors (Lipinski definition) is 5. The number of para-hydroxylation sites is 2. The van der Waals surface area contributed by atoms with Crippen LogP contribution in [0.25, 0.3) is 0 Å². The fourth-order valence-corrected chi connectivity index (χ4v) is 2.44. The molecular weight excluding hydrogens is 326 g/mol. The number of rotatable bonds is 6. The van der Waals surface area contributed by atoms with Crippen LogP contribution in [0.3, 0.4) is 0 Å². The van der Waals surface area contributed by atoms with Crippen molar-refractivity contribution >= 4 is 12.1 Å². The first-order valence-corrected chi connectivity index (χ1v) is 8.44. The van der Waals surface area contributed by atoms with Crippen LogP contribution in [0, 0.1) is 0 Å². The number of hydrogen-bond donors (Lipinski definition) is 1. The summed E-state index contributed by atoms with van der Waals surface area (Å²) in [6.45, 7) is 6.43. The second-order valence-corrected chi connectivity index (χ2v) is 5.32. The van der Waals surface area contributed by atoms with E-state index >= 15 is 0 Å². The maximum atomic E-state index is 12.2. The van der Waals surface area contributed by atoms with Gasteiger partial charge in [0, 0.05) is 26.2 Å². The van der Waals surface area contributed by atoms with Crippen LogP contribution in [0.5, 0.6) is 11.5 Å². The first kappa shape index (κ1) is 18.7. The van der Waals surface area contributed by atoms with Gasteiger partial charge >= 0.3 is 12.1 Å². The van der Waals surface area contributed by atoms with Gasteiger partial charge in [-0.05, 0) is 26.0 Å². The SMILES string of the molecule is CCOC(=O)N1CCN(C(=O)NCOc2ccccc2OCC)CC1. The van der Waals surface area contributed by atoms with Gasteiger partial charge < -0.3 is 29.3 Å². The van der Waals surface area contributed by atoms with E-state index in [1.54, 1.807) is 22.8 Å². The Bertz CT molecular complexity index is 573. The van der Waals surface area contributed by atoms with Crippen molar-refractivity contribution in [1.29, 1.82) is 0 Å². The summed E-state index contributed by atoms with van der Waals surface area (Å²) in [4.78, 5) is 27.1. The minimum atomic E-state index is -0.335. The molecule has 0 atom stereocenters. The van der Waals surface area contributed by atoms with Crippen LogP contribution in [0.15, 0.2) is 24.3 Å². The number of amides is 3. The van der Waals surface area contributed by atoms with E-state index in [4.69, 9.17) is 14.2 Å². The van der Waals surface area contributed by atoms with Gasteiger partial charge in [0.2, 0.25) is 0 Å². The Hall–Kier alpha value is -2.64. The molecule has 1 aromatic carbocycles. The Morgan fingerprint density at radius 2 is 1.56 bits per heavy atom. The standard InChI is InChI=1S/C17H25N3O5/c1-3-23-14-7-5-6-8-15(14)25-13-18-16(21)19-9-11-20(12-10-19)17(22)24-4-2/h5-8H,3-4,9-13H2,1-2H3,(H,18,21). The Balaban J connectivity index is 1.74. The fraction of sp³-hybridized carbons (Fsp3) is 0.529. The van der Waals surface area contributed by atoms with Crippen LogP contribution in [0.4, 0.5) is 9.59 Å². The van der Waals surface area contributed by atoms with E-state index in [0.717, 1.165) is 0 Å². The zero-order chi connectivity index (χ0) is 18.1. The van der Waals surface area contributed by atoms with E-state index in [9.17, 15) is 9.59 Å². The lowest BCUT2D eigenvalue weighted by atomic mass is 10.3. The Kier molecular flexibility index (Phi) is 7.18. The first-order valence-electron chi connectivity index (χ1n) is 8.44. The molecule has 1 N–H and O–H groups in total. The van der Waals surface area contributed by atoms with Gasteiger partial charge in [-0.3, -0.25) is 0 Å². The van der Waals surface area contributed by atoms with Crippen molar-refractivity contribution in [3.63, 3.8) is 0 Å². The molecule has 1 aliphatic rings. The van der Waals surface area contributed by atoms with Crippen molar-refractivity contribution in [3.8, 4) is 11.5 Å². The van der Waals surface area contributed by atoms with Crippen LogP contribution >= 0.6 is 0 Å². The highest BCUT2D eigenvalue weighted by Gasteiger charge is 2.24. The van der Waals surface area contributed by atoms with Crippen molar-refractivity contribution in [2.45, 2.75) is 13.8 Å². The summed E-state index contributed by atoms with van der Waals surface area (Å²) in [5.41, 5.74) is 0. The molecule has 0 aromatic heterocycles. The molecule has 1 saturated heterocycles.